The number of rotatable bonds is 5. The lowest BCUT2D eigenvalue weighted by molar-refractivity contribution is -0.143. The van der Waals surface area contributed by atoms with Gasteiger partial charge < -0.3 is 9.80 Å². The van der Waals surface area contributed by atoms with Gasteiger partial charge in [0.1, 0.15) is 6.33 Å². The number of nitrogens with zero attached hydrogens (tertiary/aromatic N) is 6. The number of piperidine rings is 2. The Morgan fingerprint density at radius 3 is 2.04 bits per heavy atom. The number of amides is 2. The Hall–Kier alpha value is -3.91. The average molecular weight is 677 g/mol. The second-order valence-electron chi connectivity index (χ2n) is 12.9. The number of benzene rings is 2. The highest BCUT2D eigenvalue weighted by Gasteiger charge is 2.40. The fraction of sp³-hybridized carbons (Fsp3) is 0.500. The molecule has 3 aromatic rings. The van der Waals surface area contributed by atoms with Crippen LogP contribution in [0, 0.1) is 0 Å². The first-order valence-electron chi connectivity index (χ1n) is 16.3. The molecule has 3 aliphatic heterocycles. The van der Waals surface area contributed by atoms with Crippen LogP contribution in [0.3, 0.4) is 0 Å². The molecule has 0 aliphatic carbocycles. The van der Waals surface area contributed by atoms with Gasteiger partial charge in [-0.05, 0) is 55.9 Å². The molecular formula is C34H38F6N6O2. The maximum Gasteiger partial charge on any atom is 0.416 e. The topological polar surface area (TPSA) is 64.9 Å². The molecule has 0 radical (unpaired) electrons. The van der Waals surface area contributed by atoms with Gasteiger partial charge in [-0.1, -0.05) is 30.3 Å². The van der Waals surface area contributed by atoms with Crippen molar-refractivity contribution in [1.82, 2.24) is 29.2 Å². The zero-order valence-electron chi connectivity index (χ0n) is 26.3. The number of alkyl halides is 6. The second-order valence-corrected chi connectivity index (χ2v) is 12.9. The third-order valence-corrected chi connectivity index (χ3v) is 9.87. The Morgan fingerprint density at radius 2 is 1.44 bits per heavy atom. The smallest absolute Gasteiger partial charge is 0.335 e. The highest BCUT2D eigenvalue weighted by atomic mass is 19.4. The summed E-state index contributed by atoms with van der Waals surface area (Å²) in [6.45, 7) is 4.74. The lowest BCUT2D eigenvalue weighted by Crippen LogP contribution is -2.59. The number of aromatic nitrogens is 2. The van der Waals surface area contributed by atoms with E-state index in [1.165, 1.54) is 15.8 Å². The molecule has 1 aromatic heterocycles. The maximum atomic E-state index is 13.7. The van der Waals surface area contributed by atoms with Gasteiger partial charge in [-0.3, -0.25) is 19.2 Å². The molecule has 0 N–H and O–H groups in total. The van der Waals surface area contributed by atoms with Gasteiger partial charge in [0.15, 0.2) is 0 Å². The first-order chi connectivity index (χ1) is 22.9. The SMILES string of the molecule is O=C(c1cc(C(F)(F)F)cc(C(F)(F)F)c1)N1CCC(N2CCN(C3CCCN(C(=O)n4ccnc4)C3)CC2)CC1Cc1ccccc1. The predicted octanol–water partition coefficient (Wildman–Crippen LogP) is 5.89. The molecule has 2 aromatic carbocycles. The van der Waals surface area contributed by atoms with E-state index in [0.29, 0.717) is 44.5 Å². The van der Waals surface area contributed by atoms with Crippen LogP contribution in [0.25, 0.3) is 0 Å². The van der Waals surface area contributed by atoms with Gasteiger partial charge in [0.05, 0.1) is 11.1 Å². The minimum Gasteiger partial charge on any atom is -0.335 e. The minimum atomic E-state index is -5.04. The van der Waals surface area contributed by atoms with E-state index >= 15 is 0 Å². The van der Waals surface area contributed by atoms with Gasteiger partial charge in [-0.2, -0.15) is 26.3 Å². The Morgan fingerprint density at radius 1 is 0.792 bits per heavy atom. The summed E-state index contributed by atoms with van der Waals surface area (Å²) in [6.07, 6.45) is -1.91. The number of carbonyl (C=O) groups excluding carboxylic acids is 2. The van der Waals surface area contributed by atoms with Gasteiger partial charge in [0, 0.05) is 81.9 Å². The molecule has 48 heavy (non-hydrogen) atoms. The summed E-state index contributed by atoms with van der Waals surface area (Å²) < 4.78 is 83.1. The monoisotopic (exact) mass is 676 g/mol. The summed E-state index contributed by atoms with van der Waals surface area (Å²) >= 11 is 0. The summed E-state index contributed by atoms with van der Waals surface area (Å²) in [7, 11) is 0. The Labute approximate surface area is 274 Å². The van der Waals surface area contributed by atoms with Crippen molar-refractivity contribution in [2.75, 3.05) is 45.8 Å². The van der Waals surface area contributed by atoms with E-state index in [9.17, 15) is 35.9 Å². The van der Waals surface area contributed by atoms with Gasteiger partial charge in [-0.15, -0.1) is 0 Å². The van der Waals surface area contributed by atoms with E-state index in [4.69, 9.17) is 0 Å². The lowest BCUT2D eigenvalue weighted by Gasteiger charge is -2.48. The zero-order valence-corrected chi connectivity index (χ0v) is 26.3. The summed E-state index contributed by atoms with van der Waals surface area (Å²) in [5.74, 6) is -0.831. The standard InChI is InChI=1S/C34H38F6N6O2/c35-33(36,37)26-18-25(19-27(20-26)34(38,39)40)31(47)46-11-8-28(21-30(46)17-24-5-2-1-3-6-24)42-13-15-43(16-14-42)29-7-4-10-44(22-29)32(48)45-12-9-41-23-45/h1-3,5-6,9,12,18-20,23,28-30H,4,7-8,10-11,13-17,21-22H2. The van der Waals surface area contributed by atoms with Crippen LogP contribution in [0.2, 0.25) is 0 Å². The fourth-order valence-electron chi connectivity index (χ4n) is 7.38. The quantitative estimate of drug-likeness (QED) is 0.316. The lowest BCUT2D eigenvalue weighted by atomic mass is 9.90. The van der Waals surface area contributed by atoms with Crippen LogP contribution >= 0.6 is 0 Å². The number of imidazole rings is 1. The van der Waals surface area contributed by atoms with E-state index in [-0.39, 0.29) is 30.7 Å². The van der Waals surface area contributed by atoms with Crippen LogP contribution in [0.5, 0.6) is 0 Å². The Bertz CT molecular complexity index is 1520. The zero-order chi connectivity index (χ0) is 34.1. The molecule has 4 heterocycles. The Kier molecular flexibility index (Phi) is 9.84. The van der Waals surface area contributed by atoms with E-state index in [0.717, 1.165) is 44.6 Å². The molecular weight excluding hydrogens is 638 g/mol. The third kappa shape index (κ3) is 7.70. The highest BCUT2D eigenvalue weighted by Crippen LogP contribution is 2.37. The number of piperazine rings is 1. The number of hydrogen-bond acceptors (Lipinski definition) is 5. The van der Waals surface area contributed by atoms with Gasteiger partial charge >= 0.3 is 18.4 Å². The minimum absolute atomic E-state index is 0.0482. The predicted molar refractivity (Wildman–Crippen MR) is 165 cm³/mol. The van der Waals surface area contributed by atoms with Crippen LogP contribution in [0.15, 0.2) is 67.3 Å². The molecule has 6 rings (SSSR count). The fourth-order valence-corrected chi connectivity index (χ4v) is 7.38. The van der Waals surface area contributed by atoms with Crippen molar-refractivity contribution < 1.29 is 35.9 Å². The first kappa shape index (κ1) is 34.0. The van der Waals surface area contributed by atoms with E-state index < -0.39 is 41.0 Å². The molecule has 3 aliphatic rings. The number of hydrogen-bond donors (Lipinski definition) is 0. The maximum absolute atomic E-state index is 13.7. The normalized spacial score (nSPS) is 23.3. The van der Waals surface area contributed by atoms with Crippen LogP contribution in [-0.2, 0) is 18.8 Å². The summed E-state index contributed by atoms with van der Waals surface area (Å²) in [6, 6.07) is 10.3. The molecule has 14 heteroatoms. The number of halogens is 6. The van der Waals surface area contributed by atoms with Crippen LogP contribution < -0.4 is 0 Å². The largest absolute Gasteiger partial charge is 0.416 e. The summed E-state index contributed by atoms with van der Waals surface area (Å²) in [5, 5.41) is 0. The molecule has 0 saturated carbocycles. The highest BCUT2D eigenvalue weighted by molar-refractivity contribution is 5.95. The first-order valence-corrected chi connectivity index (χ1v) is 16.3. The van der Waals surface area contributed by atoms with Crippen molar-refractivity contribution in [3.8, 4) is 0 Å². The Balaban J connectivity index is 1.14. The third-order valence-electron chi connectivity index (χ3n) is 9.87. The summed E-state index contributed by atoms with van der Waals surface area (Å²) in [5.41, 5.74) is -2.69. The second kappa shape index (κ2) is 13.9. The van der Waals surface area contributed by atoms with Gasteiger partial charge in [-0.25, -0.2) is 9.78 Å². The molecule has 258 valence electrons. The molecule has 0 spiro atoms. The van der Waals surface area contributed by atoms with Crippen molar-refractivity contribution in [2.24, 2.45) is 0 Å². The van der Waals surface area contributed by atoms with E-state index in [2.05, 4.69) is 14.8 Å². The van der Waals surface area contributed by atoms with Crippen molar-refractivity contribution in [1.29, 1.82) is 0 Å². The van der Waals surface area contributed by atoms with Crippen molar-refractivity contribution in [2.45, 2.75) is 62.6 Å². The van der Waals surface area contributed by atoms with Crippen molar-refractivity contribution in [3.63, 3.8) is 0 Å². The van der Waals surface area contributed by atoms with Crippen LogP contribution in [0.4, 0.5) is 31.1 Å². The average Bonchev–Trinajstić information content (AvgIpc) is 3.63. The summed E-state index contributed by atoms with van der Waals surface area (Å²) in [4.78, 5) is 38.8. The molecule has 3 atom stereocenters. The number of carbonyl (C=O) groups is 2. The van der Waals surface area contributed by atoms with Gasteiger partial charge in [0.25, 0.3) is 5.91 Å². The van der Waals surface area contributed by atoms with E-state index in [1.54, 1.807) is 12.4 Å². The van der Waals surface area contributed by atoms with E-state index in [1.807, 2.05) is 35.2 Å². The van der Waals surface area contributed by atoms with Crippen LogP contribution in [0.1, 0.15) is 52.7 Å². The number of likely N-dealkylation sites (tertiary alicyclic amines) is 2. The molecule has 3 saturated heterocycles. The molecule has 2 amide bonds. The van der Waals surface area contributed by atoms with Crippen molar-refractivity contribution in [3.05, 3.63) is 89.5 Å². The van der Waals surface area contributed by atoms with Gasteiger partial charge in [0.2, 0.25) is 0 Å². The van der Waals surface area contributed by atoms with Crippen LogP contribution in [-0.4, -0.2) is 105 Å². The molecule has 8 nitrogen and oxygen atoms in total. The van der Waals surface area contributed by atoms with Crippen molar-refractivity contribution >= 4 is 11.9 Å². The molecule has 3 fully saturated rings. The molecule has 3 unspecified atom stereocenters. The molecule has 0 bridgehead atoms.